The van der Waals surface area contributed by atoms with Gasteiger partial charge in [-0.05, 0) is 66.6 Å². The molecule has 1 fully saturated rings. The van der Waals surface area contributed by atoms with Crippen molar-refractivity contribution in [1.29, 1.82) is 0 Å². The first-order chi connectivity index (χ1) is 17.8. The van der Waals surface area contributed by atoms with E-state index in [2.05, 4.69) is 20.9 Å². The summed E-state index contributed by atoms with van der Waals surface area (Å²) in [6.07, 6.45) is 0.745. The molecule has 4 aromatic rings. The fourth-order valence-electron chi connectivity index (χ4n) is 4.84. The summed E-state index contributed by atoms with van der Waals surface area (Å²) in [6, 6.07) is 17.3. The number of hydrogen-bond acceptors (Lipinski definition) is 7. The second-order valence-corrected chi connectivity index (χ2v) is 10.9. The molecule has 3 aromatic carbocycles. The molecule has 7 nitrogen and oxygen atoms in total. The lowest BCUT2D eigenvalue weighted by molar-refractivity contribution is -0.132. The van der Waals surface area contributed by atoms with Crippen molar-refractivity contribution in [1.82, 2.24) is 4.98 Å². The molecular formula is C28H21BrN2O5S. The Hall–Kier alpha value is -3.69. The molecule has 0 spiro atoms. The van der Waals surface area contributed by atoms with E-state index in [1.54, 1.807) is 25.3 Å². The summed E-state index contributed by atoms with van der Waals surface area (Å²) < 4.78 is 12.8. The van der Waals surface area contributed by atoms with Crippen molar-refractivity contribution in [2.75, 3.05) is 12.0 Å². The summed E-state index contributed by atoms with van der Waals surface area (Å²) >= 11 is 4.74. The van der Waals surface area contributed by atoms with Gasteiger partial charge in [-0.3, -0.25) is 14.5 Å². The van der Waals surface area contributed by atoms with Gasteiger partial charge >= 0.3 is 5.91 Å². The molecule has 2 aliphatic heterocycles. The van der Waals surface area contributed by atoms with Crippen LogP contribution in [-0.4, -0.2) is 35.0 Å². The zero-order chi connectivity index (χ0) is 25.8. The molecule has 186 valence electrons. The van der Waals surface area contributed by atoms with Crippen LogP contribution in [0.5, 0.6) is 11.5 Å². The quantitative estimate of drug-likeness (QED) is 0.181. The monoisotopic (exact) mass is 576 g/mol. The number of methoxy groups -OCH3 is 1. The third kappa shape index (κ3) is 3.98. The van der Waals surface area contributed by atoms with E-state index in [1.165, 1.54) is 16.2 Å². The van der Waals surface area contributed by atoms with E-state index in [-0.39, 0.29) is 17.4 Å². The van der Waals surface area contributed by atoms with E-state index in [4.69, 9.17) is 9.47 Å². The van der Waals surface area contributed by atoms with Crippen LogP contribution in [0.25, 0.3) is 16.0 Å². The van der Waals surface area contributed by atoms with Crippen LogP contribution in [0, 0.1) is 0 Å². The molecule has 1 amide bonds. The molecule has 0 unspecified atom stereocenters. The van der Waals surface area contributed by atoms with Crippen molar-refractivity contribution in [2.24, 2.45) is 0 Å². The van der Waals surface area contributed by atoms with Gasteiger partial charge in [0.25, 0.3) is 5.78 Å². The summed E-state index contributed by atoms with van der Waals surface area (Å²) in [5.41, 5.74) is 2.80. The molecule has 0 saturated carbocycles. The number of halogens is 1. The predicted octanol–water partition coefficient (Wildman–Crippen LogP) is 6.02. The van der Waals surface area contributed by atoms with Crippen molar-refractivity contribution >= 4 is 60.1 Å². The fraction of sp³-hybridized carbons (Fsp3) is 0.179. The molecule has 9 heteroatoms. The topological polar surface area (TPSA) is 89.0 Å². The number of Topliss-reactive ketones (excluding diaryl/α,β-unsaturated/α-hetero) is 1. The molecule has 1 saturated heterocycles. The van der Waals surface area contributed by atoms with Gasteiger partial charge in [0.2, 0.25) is 0 Å². The Morgan fingerprint density at radius 3 is 2.68 bits per heavy atom. The summed E-state index contributed by atoms with van der Waals surface area (Å²) in [6.45, 7) is 1.98. The van der Waals surface area contributed by atoms with E-state index in [9.17, 15) is 14.7 Å². The van der Waals surface area contributed by atoms with Gasteiger partial charge in [0, 0.05) is 16.5 Å². The number of ether oxygens (including phenoxy) is 2. The molecular weight excluding hydrogens is 556 g/mol. The van der Waals surface area contributed by atoms with Crippen molar-refractivity contribution < 1.29 is 24.2 Å². The molecule has 1 aromatic heterocycles. The number of rotatable bonds is 4. The third-order valence-corrected chi connectivity index (χ3v) is 8.14. The van der Waals surface area contributed by atoms with E-state index in [0.29, 0.717) is 33.9 Å². The number of amides is 1. The second kappa shape index (κ2) is 9.00. The molecule has 0 radical (unpaired) electrons. The van der Waals surface area contributed by atoms with Gasteiger partial charge in [0.1, 0.15) is 23.4 Å². The number of aromatic nitrogens is 1. The maximum Gasteiger partial charge on any atom is 0.301 e. The largest absolute Gasteiger partial charge is 0.507 e. The summed E-state index contributed by atoms with van der Waals surface area (Å²) in [5.74, 6) is -0.284. The fourth-order valence-corrected chi connectivity index (χ4v) is 6.12. The predicted molar refractivity (Wildman–Crippen MR) is 145 cm³/mol. The molecule has 2 aliphatic rings. The summed E-state index contributed by atoms with van der Waals surface area (Å²) in [4.78, 5) is 33.0. The number of aliphatic hydroxyl groups is 1. The number of thiazole rings is 1. The number of carbonyl (C=O) groups is 2. The van der Waals surface area contributed by atoms with E-state index in [1.807, 2.05) is 49.4 Å². The number of carbonyl (C=O) groups excluding carboxylic acids is 2. The minimum atomic E-state index is -0.848. The van der Waals surface area contributed by atoms with E-state index in [0.717, 1.165) is 20.5 Å². The number of benzene rings is 3. The van der Waals surface area contributed by atoms with Crippen molar-refractivity contribution in [3.8, 4) is 11.5 Å². The highest BCUT2D eigenvalue weighted by atomic mass is 79.9. The van der Waals surface area contributed by atoms with Gasteiger partial charge in [0.15, 0.2) is 5.13 Å². The lowest BCUT2D eigenvalue weighted by Gasteiger charge is -2.23. The Balaban J connectivity index is 1.52. The Morgan fingerprint density at radius 2 is 1.92 bits per heavy atom. The number of ketones is 1. The zero-order valence-corrected chi connectivity index (χ0v) is 22.3. The first kappa shape index (κ1) is 23.7. The van der Waals surface area contributed by atoms with Gasteiger partial charge < -0.3 is 14.6 Å². The molecule has 37 heavy (non-hydrogen) atoms. The van der Waals surface area contributed by atoms with Gasteiger partial charge in [0.05, 0.1) is 28.9 Å². The highest BCUT2D eigenvalue weighted by Crippen LogP contribution is 2.45. The van der Waals surface area contributed by atoms with Gasteiger partial charge in [-0.1, -0.05) is 39.4 Å². The third-order valence-electron chi connectivity index (χ3n) is 6.59. The van der Waals surface area contributed by atoms with Crippen LogP contribution in [0.15, 0.2) is 70.7 Å². The van der Waals surface area contributed by atoms with Crippen molar-refractivity contribution in [3.05, 3.63) is 87.4 Å². The Bertz CT molecular complexity index is 1610. The minimum Gasteiger partial charge on any atom is -0.507 e. The van der Waals surface area contributed by atoms with Crippen molar-refractivity contribution in [3.63, 3.8) is 0 Å². The standard InChI is InChI=1S/C28H21BrN2O5S/c1-14-11-17-12-16(5-10-21(17)36-14)25(32)23-24(15-3-6-18(29)7-4-15)31(27(34)26(23)33)28-30-20-9-8-19(35-2)13-22(20)37-28/h3-10,12-14,24,32H,11H2,1-2H3/b25-23+/t14-,24-/m1/s1. The number of anilines is 1. The van der Waals surface area contributed by atoms with Gasteiger partial charge in [-0.2, -0.15) is 0 Å². The lowest BCUT2D eigenvalue weighted by Crippen LogP contribution is -2.29. The van der Waals surface area contributed by atoms with Crippen molar-refractivity contribution in [2.45, 2.75) is 25.5 Å². The molecule has 0 aliphatic carbocycles. The van der Waals surface area contributed by atoms with Crippen LogP contribution >= 0.6 is 27.3 Å². The van der Waals surface area contributed by atoms with E-state index < -0.39 is 17.7 Å². The molecule has 3 heterocycles. The smallest absolute Gasteiger partial charge is 0.301 e. The number of hydrogen-bond donors (Lipinski definition) is 1. The first-order valence-electron chi connectivity index (χ1n) is 11.6. The first-order valence-corrected chi connectivity index (χ1v) is 13.3. The van der Waals surface area contributed by atoms with Crippen LogP contribution in [0.4, 0.5) is 5.13 Å². The average Bonchev–Trinajstić information content (AvgIpc) is 3.55. The van der Waals surface area contributed by atoms with Crippen LogP contribution in [-0.2, 0) is 16.0 Å². The van der Waals surface area contributed by atoms with Crippen LogP contribution in [0.3, 0.4) is 0 Å². The normalized spacial score (nSPS) is 20.4. The Labute approximate surface area is 225 Å². The van der Waals surface area contributed by atoms with Gasteiger partial charge in [-0.25, -0.2) is 4.98 Å². The maximum absolute atomic E-state index is 13.5. The van der Waals surface area contributed by atoms with Crippen LogP contribution < -0.4 is 14.4 Å². The average molecular weight is 577 g/mol. The molecule has 1 N–H and O–H groups in total. The molecule has 0 bridgehead atoms. The summed E-state index contributed by atoms with van der Waals surface area (Å²) in [7, 11) is 1.58. The molecule has 6 rings (SSSR count). The maximum atomic E-state index is 13.5. The SMILES string of the molecule is COc1ccc2nc(N3C(=O)C(=O)/C(=C(/O)c4ccc5c(c4)C[C@@H](C)O5)[C@H]3c3ccc(Br)cc3)sc2c1. The second-order valence-electron chi connectivity index (χ2n) is 9.01. The minimum absolute atomic E-state index is 0.0241. The Kier molecular flexibility index (Phi) is 5.77. The van der Waals surface area contributed by atoms with Gasteiger partial charge in [-0.15, -0.1) is 0 Å². The highest BCUT2D eigenvalue weighted by molar-refractivity contribution is 9.10. The highest BCUT2D eigenvalue weighted by Gasteiger charge is 2.48. The number of aliphatic hydroxyl groups excluding tert-OH is 1. The molecule has 2 atom stereocenters. The van der Waals surface area contributed by atoms with Crippen LogP contribution in [0.1, 0.15) is 29.7 Å². The Morgan fingerprint density at radius 1 is 1.14 bits per heavy atom. The van der Waals surface area contributed by atoms with Crippen LogP contribution in [0.2, 0.25) is 0 Å². The number of nitrogens with zero attached hydrogens (tertiary/aromatic N) is 2. The zero-order valence-electron chi connectivity index (χ0n) is 19.9. The summed E-state index contributed by atoms with van der Waals surface area (Å²) in [5, 5.41) is 11.8. The number of fused-ring (bicyclic) bond motifs is 2. The lowest BCUT2D eigenvalue weighted by atomic mass is 9.94. The van der Waals surface area contributed by atoms with E-state index >= 15 is 0 Å².